The Balaban J connectivity index is 0.00000377. The van der Waals surface area contributed by atoms with Crippen molar-refractivity contribution in [3.63, 3.8) is 0 Å². The molecule has 0 aromatic heterocycles. The molecule has 0 radical (unpaired) electrons. The number of nitrogens with zero attached hydrogens (tertiary/aromatic N) is 1. The van der Waals surface area contributed by atoms with Crippen LogP contribution in [0.25, 0.3) is 0 Å². The van der Waals surface area contributed by atoms with Gasteiger partial charge in [0.2, 0.25) is 35.4 Å². The molecular weight excluding hydrogens is 751 g/mol. The SMILES string of the molecule is CC(=O)N[C@H](C(=O)N[C@@H](CC(=O)O)C(=O)N[C@H](C(=O)N[C@@H](C)C(=O)N[C@@H](CC(=O)O)C(=O)Nc1ccc([N+](=O)[O-])cc1)C(C)C)C(C)C.O=C(O)C(F)(F)F. The third-order valence-corrected chi connectivity index (χ3v) is 6.92. The molecule has 0 aliphatic carbocycles. The van der Waals surface area contributed by atoms with Gasteiger partial charge in [-0.3, -0.25) is 48.5 Å². The number of carbonyl (C=O) groups excluding carboxylic acids is 6. The normalized spacial score (nSPS) is 13.6. The summed E-state index contributed by atoms with van der Waals surface area (Å²) in [5.74, 6) is -11.9. The van der Waals surface area contributed by atoms with Crippen molar-refractivity contribution < 1.29 is 76.6 Å². The smallest absolute Gasteiger partial charge is 0.481 e. The van der Waals surface area contributed by atoms with Gasteiger partial charge in [0.05, 0.1) is 17.8 Å². The molecule has 0 heterocycles. The van der Waals surface area contributed by atoms with Crippen LogP contribution in [-0.4, -0.2) is 110 Å². The molecule has 0 unspecified atom stereocenters. The van der Waals surface area contributed by atoms with Crippen LogP contribution in [0, 0.1) is 22.0 Å². The van der Waals surface area contributed by atoms with E-state index in [2.05, 4.69) is 31.9 Å². The number of anilines is 1. The Kier molecular flexibility index (Phi) is 19.5. The molecule has 55 heavy (non-hydrogen) atoms. The first-order valence-electron chi connectivity index (χ1n) is 15.9. The van der Waals surface area contributed by atoms with Crippen LogP contribution < -0.4 is 31.9 Å². The molecule has 9 N–H and O–H groups in total. The average Bonchev–Trinajstić information content (AvgIpc) is 3.04. The van der Waals surface area contributed by atoms with E-state index in [4.69, 9.17) is 9.90 Å². The van der Waals surface area contributed by atoms with Gasteiger partial charge < -0.3 is 47.2 Å². The Hall–Kier alpha value is -6.36. The van der Waals surface area contributed by atoms with Crippen LogP contribution in [-0.2, 0) is 43.2 Å². The number of aliphatic carboxylic acids is 3. The predicted molar refractivity (Wildman–Crippen MR) is 181 cm³/mol. The van der Waals surface area contributed by atoms with Gasteiger partial charge in [0, 0.05) is 24.7 Å². The fourth-order valence-corrected chi connectivity index (χ4v) is 4.13. The van der Waals surface area contributed by atoms with Crippen molar-refractivity contribution >= 4 is 64.7 Å². The van der Waals surface area contributed by atoms with Crippen molar-refractivity contribution in [2.24, 2.45) is 11.8 Å². The van der Waals surface area contributed by atoms with Crippen molar-refractivity contribution in [1.82, 2.24) is 26.6 Å². The van der Waals surface area contributed by atoms with Crippen molar-refractivity contribution in [3.05, 3.63) is 34.4 Å². The number of nitro groups is 1. The van der Waals surface area contributed by atoms with Crippen molar-refractivity contribution in [1.29, 1.82) is 0 Å². The highest BCUT2D eigenvalue weighted by molar-refractivity contribution is 6.01. The lowest BCUT2D eigenvalue weighted by molar-refractivity contribution is -0.384. The summed E-state index contributed by atoms with van der Waals surface area (Å²) in [5.41, 5.74) is -0.174. The maximum absolute atomic E-state index is 13.2. The fraction of sp³-hybridized carbons (Fsp3) is 0.516. The second-order valence-electron chi connectivity index (χ2n) is 12.3. The Labute approximate surface area is 310 Å². The second kappa shape index (κ2) is 22.0. The summed E-state index contributed by atoms with van der Waals surface area (Å²) in [6.45, 7) is 8.73. The quantitative estimate of drug-likeness (QED) is 0.0692. The van der Waals surface area contributed by atoms with E-state index in [1.165, 1.54) is 39.8 Å². The molecule has 306 valence electrons. The molecule has 5 atom stereocenters. The zero-order valence-electron chi connectivity index (χ0n) is 30.2. The van der Waals surface area contributed by atoms with Crippen LogP contribution >= 0.6 is 0 Å². The minimum Gasteiger partial charge on any atom is -0.481 e. The van der Waals surface area contributed by atoms with Gasteiger partial charge in [0.25, 0.3) is 5.69 Å². The summed E-state index contributed by atoms with van der Waals surface area (Å²) in [6.07, 6.45) is -6.80. The van der Waals surface area contributed by atoms with Crippen molar-refractivity contribution in [2.45, 2.75) is 90.8 Å². The number of carboxylic acids is 3. The predicted octanol–water partition coefficient (Wildman–Crippen LogP) is -0.108. The molecule has 0 spiro atoms. The third kappa shape index (κ3) is 18.3. The highest BCUT2D eigenvalue weighted by Gasteiger charge is 2.38. The number of carboxylic acid groups (broad SMARTS) is 3. The van der Waals surface area contributed by atoms with Crippen LogP contribution in [0.4, 0.5) is 24.5 Å². The van der Waals surface area contributed by atoms with Crippen LogP contribution in [0.1, 0.15) is 54.4 Å². The first-order valence-corrected chi connectivity index (χ1v) is 15.9. The lowest BCUT2D eigenvalue weighted by Crippen LogP contribution is -2.60. The van der Waals surface area contributed by atoms with Crippen LogP contribution in [0.15, 0.2) is 24.3 Å². The average molecular weight is 794 g/mol. The lowest BCUT2D eigenvalue weighted by Gasteiger charge is -2.28. The largest absolute Gasteiger partial charge is 0.490 e. The third-order valence-electron chi connectivity index (χ3n) is 6.92. The van der Waals surface area contributed by atoms with E-state index in [9.17, 15) is 71.9 Å². The maximum Gasteiger partial charge on any atom is 0.490 e. The van der Waals surface area contributed by atoms with E-state index >= 15 is 0 Å². The van der Waals surface area contributed by atoms with E-state index in [-0.39, 0.29) is 11.4 Å². The summed E-state index contributed by atoms with van der Waals surface area (Å²) in [6, 6.07) is -2.47. The zero-order valence-corrected chi connectivity index (χ0v) is 30.2. The number of hydrogen-bond donors (Lipinski definition) is 9. The number of carbonyl (C=O) groups is 9. The molecule has 1 rings (SSSR count). The molecule has 24 heteroatoms. The number of hydrogen-bond acceptors (Lipinski definition) is 11. The maximum atomic E-state index is 13.2. The van der Waals surface area contributed by atoms with Gasteiger partial charge in [0.15, 0.2) is 0 Å². The number of nitrogens with one attached hydrogen (secondary N) is 6. The zero-order chi connectivity index (χ0) is 43.0. The number of non-ortho nitro benzene ring substituents is 1. The standard InChI is InChI=1S/C29H41N7O12.C2HF3O2/c1-13(2)23(31-16(6)37)29(46)34-20(12-22(40)41)27(44)35-24(14(3)4)28(45)30-15(5)25(42)33-19(11-21(38)39)26(43)32-17-7-9-18(10-8-17)36(47)48;3-2(4,5)1(6)7/h7-10,13-15,19-20,23-24H,11-12H2,1-6H3,(H,30,45)(H,31,37)(H,32,43)(H,33,42)(H,34,46)(H,35,44)(H,38,39)(H,40,41);(H,6,7)/t15-,19-,20-,23-,24-;/m0./s1. The molecule has 1 aromatic rings. The summed E-state index contributed by atoms with van der Waals surface area (Å²) >= 11 is 0. The first-order chi connectivity index (χ1) is 25.2. The number of amides is 6. The lowest BCUT2D eigenvalue weighted by atomic mass is 10.0. The summed E-state index contributed by atoms with van der Waals surface area (Å²) in [4.78, 5) is 118. The highest BCUT2D eigenvalue weighted by Crippen LogP contribution is 2.16. The van der Waals surface area contributed by atoms with Gasteiger partial charge in [-0.05, 0) is 30.9 Å². The minimum absolute atomic E-state index is 0.0827. The topological polar surface area (TPSA) is 330 Å². The molecule has 0 saturated heterocycles. The fourth-order valence-electron chi connectivity index (χ4n) is 4.13. The second-order valence-corrected chi connectivity index (χ2v) is 12.3. The molecule has 6 amide bonds. The summed E-state index contributed by atoms with van der Waals surface area (Å²) in [7, 11) is 0. The molecular formula is C31H42F3N7O14. The van der Waals surface area contributed by atoms with Gasteiger partial charge in [0.1, 0.15) is 30.2 Å². The Bertz CT molecular complexity index is 1600. The molecule has 0 aliphatic heterocycles. The molecule has 21 nitrogen and oxygen atoms in total. The van der Waals surface area contributed by atoms with E-state index in [0.29, 0.717) is 0 Å². The van der Waals surface area contributed by atoms with Gasteiger partial charge in [-0.15, -0.1) is 0 Å². The number of alkyl halides is 3. The molecule has 0 fully saturated rings. The number of halogens is 3. The van der Waals surface area contributed by atoms with Crippen molar-refractivity contribution in [3.8, 4) is 0 Å². The number of benzene rings is 1. The number of rotatable bonds is 18. The Morgan fingerprint density at radius 1 is 0.655 bits per heavy atom. The van der Waals surface area contributed by atoms with E-state index in [0.717, 1.165) is 12.1 Å². The van der Waals surface area contributed by atoms with E-state index in [1.807, 2.05) is 0 Å². The highest BCUT2D eigenvalue weighted by atomic mass is 19.4. The Morgan fingerprint density at radius 3 is 1.44 bits per heavy atom. The van der Waals surface area contributed by atoms with Gasteiger partial charge in [-0.2, -0.15) is 13.2 Å². The van der Waals surface area contributed by atoms with E-state index < -0.39 is 119 Å². The van der Waals surface area contributed by atoms with E-state index in [1.54, 1.807) is 13.8 Å². The van der Waals surface area contributed by atoms with Crippen LogP contribution in [0.5, 0.6) is 0 Å². The van der Waals surface area contributed by atoms with Gasteiger partial charge >= 0.3 is 24.1 Å². The monoisotopic (exact) mass is 793 g/mol. The molecule has 0 aliphatic rings. The first kappa shape index (κ1) is 48.6. The minimum atomic E-state index is -5.08. The van der Waals surface area contributed by atoms with Gasteiger partial charge in [-0.1, -0.05) is 27.7 Å². The van der Waals surface area contributed by atoms with Gasteiger partial charge in [-0.25, -0.2) is 4.79 Å². The Morgan fingerprint density at radius 2 is 1.05 bits per heavy atom. The van der Waals surface area contributed by atoms with Crippen LogP contribution in [0.3, 0.4) is 0 Å². The van der Waals surface area contributed by atoms with Crippen LogP contribution in [0.2, 0.25) is 0 Å². The number of nitro benzene ring substituents is 1. The molecule has 0 saturated carbocycles. The molecule has 1 aromatic carbocycles. The molecule has 0 bridgehead atoms. The summed E-state index contributed by atoms with van der Waals surface area (Å²) in [5, 5.41) is 50.6. The summed E-state index contributed by atoms with van der Waals surface area (Å²) < 4.78 is 31.7. The van der Waals surface area contributed by atoms with Crippen molar-refractivity contribution in [2.75, 3.05) is 5.32 Å².